The fourth-order valence-electron chi connectivity index (χ4n) is 3.58. The van der Waals surface area contributed by atoms with Crippen molar-refractivity contribution in [3.63, 3.8) is 0 Å². The number of benzene rings is 2. The molecule has 2 aromatic rings. The summed E-state index contributed by atoms with van der Waals surface area (Å²) in [5.74, 6) is -1.66. The average molecular weight is 494 g/mol. The van der Waals surface area contributed by atoms with E-state index in [1.54, 1.807) is 6.07 Å². The second-order valence-electron chi connectivity index (χ2n) is 7.58. The van der Waals surface area contributed by atoms with Crippen LogP contribution < -0.4 is 20.1 Å². The Kier molecular flexibility index (Phi) is 7.29. The third-order valence-corrected chi connectivity index (χ3v) is 7.20. The molecule has 2 aliphatic rings. The molecule has 4 rings (SSSR count). The molecule has 34 heavy (non-hydrogen) atoms. The summed E-state index contributed by atoms with van der Waals surface area (Å²) in [5, 5.41) is 4.72. The summed E-state index contributed by atoms with van der Waals surface area (Å²) < 4.78 is 57.9. The van der Waals surface area contributed by atoms with Gasteiger partial charge in [-0.15, -0.1) is 0 Å². The van der Waals surface area contributed by atoms with Crippen molar-refractivity contribution in [1.29, 1.82) is 0 Å². The number of nitrogens with one attached hydrogen (secondary N) is 2. The molecule has 2 aromatic carbocycles. The maximum Gasteiger partial charge on any atom is 0.309 e. The van der Waals surface area contributed by atoms with Gasteiger partial charge in [0.25, 0.3) is 0 Å². The fourth-order valence-corrected chi connectivity index (χ4v) is 5.16. The third kappa shape index (κ3) is 5.29. The van der Waals surface area contributed by atoms with Crippen molar-refractivity contribution in [1.82, 2.24) is 14.9 Å². The lowest BCUT2D eigenvalue weighted by Crippen LogP contribution is -2.53. The molecule has 2 aliphatic heterocycles. The maximum atomic E-state index is 13.7. The zero-order valence-corrected chi connectivity index (χ0v) is 19.0. The molecule has 0 saturated carbocycles. The van der Waals surface area contributed by atoms with Crippen LogP contribution >= 0.6 is 0 Å². The van der Waals surface area contributed by atoms with Gasteiger partial charge in [-0.05, 0) is 24.6 Å². The monoisotopic (exact) mass is 493 g/mol. The van der Waals surface area contributed by atoms with Crippen LogP contribution in [0.5, 0.6) is 11.5 Å². The van der Waals surface area contributed by atoms with Gasteiger partial charge in [0, 0.05) is 24.7 Å². The number of hydrogen-bond donors (Lipinski definition) is 2. The van der Waals surface area contributed by atoms with Gasteiger partial charge in [-0.2, -0.15) is 4.31 Å². The van der Waals surface area contributed by atoms with Crippen LogP contribution in [0.15, 0.2) is 47.4 Å². The van der Waals surface area contributed by atoms with Gasteiger partial charge in [0.2, 0.25) is 10.0 Å². The predicted octanol–water partition coefficient (Wildman–Crippen LogP) is 0.767. The molecule has 0 spiro atoms. The first-order chi connectivity index (χ1) is 16.4. The fraction of sp³-hybridized carbons (Fsp3) is 0.364. The van der Waals surface area contributed by atoms with E-state index in [4.69, 9.17) is 14.2 Å². The van der Waals surface area contributed by atoms with Crippen molar-refractivity contribution in [2.45, 2.75) is 24.1 Å². The Morgan fingerprint density at radius 2 is 1.74 bits per heavy atom. The van der Waals surface area contributed by atoms with Crippen LogP contribution in [0.4, 0.5) is 4.39 Å². The van der Waals surface area contributed by atoms with Crippen molar-refractivity contribution >= 4 is 21.8 Å². The van der Waals surface area contributed by atoms with Gasteiger partial charge in [0.05, 0.1) is 18.0 Å². The Morgan fingerprint density at radius 3 is 2.53 bits per heavy atom. The first kappa shape index (κ1) is 23.9. The van der Waals surface area contributed by atoms with E-state index in [1.165, 1.54) is 36.4 Å². The lowest BCUT2D eigenvalue weighted by Gasteiger charge is -2.34. The zero-order valence-electron chi connectivity index (χ0n) is 18.2. The molecule has 2 N–H and O–H groups in total. The van der Waals surface area contributed by atoms with Gasteiger partial charge in [0.1, 0.15) is 25.3 Å². The van der Waals surface area contributed by atoms with Crippen LogP contribution in [-0.4, -0.2) is 63.7 Å². The number of halogens is 1. The summed E-state index contributed by atoms with van der Waals surface area (Å²) in [7, 11) is -3.98. The second-order valence-corrected chi connectivity index (χ2v) is 9.47. The summed E-state index contributed by atoms with van der Waals surface area (Å²) in [6, 6.07) is 10.2. The maximum absolute atomic E-state index is 13.7. The largest absolute Gasteiger partial charge is 0.486 e. The Morgan fingerprint density at radius 1 is 1.00 bits per heavy atom. The normalized spacial score (nSPS) is 18.2. The molecule has 0 unspecified atom stereocenters. The molecule has 0 aromatic heterocycles. The molecule has 0 radical (unpaired) electrons. The van der Waals surface area contributed by atoms with E-state index in [9.17, 15) is 22.4 Å². The number of carbonyl (C=O) groups is 2. The summed E-state index contributed by atoms with van der Waals surface area (Å²) in [6.07, 6.45) is -0.535. The van der Waals surface area contributed by atoms with Crippen LogP contribution in [0.2, 0.25) is 0 Å². The van der Waals surface area contributed by atoms with Gasteiger partial charge < -0.3 is 24.8 Å². The lowest BCUT2D eigenvalue weighted by molar-refractivity contribution is -0.140. The van der Waals surface area contributed by atoms with Crippen LogP contribution in [0.1, 0.15) is 12.0 Å². The topological polar surface area (TPSA) is 123 Å². The number of sulfonamides is 1. The van der Waals surface area contributed by atoms with Crippen molar-refractivity contribution in [2.24, 2.45) is 0 Å². The molecule has 0 bridgehead atoms. The van der Waals surface area contributed by atoms with Gasteiger partial charge in [-0.1, -0.05) is 18.2 Å². The van der Waals surface area contributed by atoms with E-state index >= 15 is 0 Å². The van der Waals surface area contributed by atoms with Crippen LogP contribution in [-0.2, 0) is 30.9 Å². The predicted molar refractivity (Wildman–Crippen MR) is 117 cm³/mol. The Hall–Kier alpha value is -3.22. The number of nitrogens with zero attached hydrogens (tertiary/aromatic N) is 1. The van der Waals surface area contributed by atoms with Crippen molar-refractivity contribution in [2.75, 3.05) is 32.9 Å². The van der Waals surface area contributed by atoms with E-state index in [1.807, 2.05) is 0 Å². The molecular formula is C22H24FN3O7S. The van der Waals surface area contributed by atoms with Gasteiger partial charge in [-0.25, -0.2) is 12.8 Å². The van der Waals surface area contributed by atoms with Gasteiger partial charge >= 0.3 is 11.8 Å². The highest BCUT2D eigenvalue weighted by atomic mass is 32.2. The number of amides is 2. The van der Waals surface area contributed by atoms with E-state index in [0.29, 0.717) is 37.7 Å². The third-order valence-electron chi connectivity index (χ3n) is 5.32. The van der Waals surface area contributed by atoms with E-state index in [-0.39, 0.29) is 30.1 Å². The molecule has 2 heterocycles. The molecule has 10 nitrogen and oxygen atoms in total. The molecule has 12 heteroatoms. The number of ether oxygens (including phenoxy) is 3. The van der Waals surface area contributed by atoms with Gasteiger partial charge in [0.15, 0.2) is 11.5 Å². The van der Waals surface area contributed by atoms with Crippen LogP contribution in [0.25, 0.3) is 0 Å². The highest BCUT2D eigenvalue weighted by molar-refractivity contribution is 7.89. The lowest BCUT2D eigenvalue weighted by atomic mass is 10.2. The minimum absolute atomic E-state index is 0.00112. The highest BCUT2D eigenvalue weighted by Crippen LogP contribution is 2.34. The Balaban J connectivity index is 1.38. The summed E-state index contributed by atoms with van der Waals surface area (Å²) in [5.41, 5.74) is 0.232. The molecule has 1 saturated heterocycles. The van der Waals surface area contributed by atoms with Crippen LogP contribution in [0.3, 0.4) is 0 Å². The molecule has 182 valence electrons. The van der Waals surface area contributed by atoms with Crippen molar-refractivity contribution < 1.29 is 36.6 Å². The SMILES string of the molecule is O=C(NCc1ccccc1F)C(=O)NC[C@@H]1OCCCN1S(=O)(=O)c1ccc2c(c1)OCCO2. The summed E-state index contributed by atoms with van der Waals surface area (Å²) in [6.45, 7) is 0.773. The Bertz CT molecular complexity index is 1170. The van der Waals surface area contributed by atoms with Crippen molar-refractivity contribution in [3.05, 3.63) is 53.8 Å². The minimum atomic E-state index is -3.98. The van der Waals surface area contributed by atoms with E-state index in [2.05, 4.69) is 10.6 Å². The molecule has 1 fully saturated rings. The highest BCUT2D eigenvalue weighted by Gasteiger charge is 2.35. The summed E-state index contributed by atoms with van der Waals surface area (Å²) in [4.78, 5) is 24.3. The molecule has 1 atom stereocenters. The number of fused-ring (bicyclic) bond motifs is 1. The number of carbonyl (C=O) groups excluding carboxylic acids is 2. The second kappa shape index (κ2) is 10.4. The van der Waals surface area contributed by atoms with Gasteiger partial charge in [-0.3, -0.25) is 9.59 Å². The number of hydrogen-bond acceptors (Lipinski definition) is 7. The molecular weight excluding hydrogens is 469 g/mol. The van der Waals surface area contributed by atoms with Crippen LogP contribution in [0, 0.1) is 5.82 Å². The average Bonchev–Trinajstić information content (AvgIpc) is 2.86. The smallest absolute Gasteiger partial charge is 0.309 e. The Labute approximate surface area is 196 Å². The quantitative estimate of drug-likeness (QED) is 0.570. The van der Waals surface area contributed by atoms with E-state index in [0.717, 1.165) is 4.31 Å². The summed E-state index contributed by atoms with van der Waals surface area (Å²) >= 11 is 0. The number of rotatable bonds is 6. The van der Waals surface area contributed by atoms with E-state index < -0.39 is 33.9 Å². The zero-order chi connectivity index (χ0) is 24.1. The first-order valence-electron chi connectivity index (χ1n) is 10.7. The first-order valence-corrected chi connectivity index (χ1v) is 12.1. The standard InChI is InChI=1S/C22H24FN3O7S/c23-17-5-2-1-4-15(17)13-24-21(27)22(28)25-14-20-26(8-3-9-33-20)34(29,30)16-6-7-18-19(12-16)32-11-10-31-18/h1-2,4-7,12,20H,3,8-11,13-14H2,(H,24,27)(H,25,28)/t20-/m0/s1. The molecule has 2 amide bonds. The van der Waals surface area contributed by atoms with Crippen molar-refractivity contribution in [3.8, 4) is 11.5 Å². The minimum Gasteiger partial charge on any atom is -0.486 e. The molecule has 0 aliphatic carbocycles.